The Morgan fingerprint density at radius 3 is 1.30 bits per heavy atom. The minimum Gasteiger partial charge on any atom is -0.465 e. The smallest absolute Gasteiger partial charge is 0.317 e. The number of hydrogen-bond acceptors (Lipinski definition) is 6. The molecule has 0 heterocycles. The maximum absolute atomic E-state index is 12.1. The first-order chi connectivity index (χ1) is 14.3. The van der Waals surface area contributed by atoms with Gasteiger partial charge in [-0.3, -0.25) is 19.2 Å². The highest BCUT2D eigenvalue weighted by atomic mass is 16.5. The fraction of sp³-hybridized carbons (Fsp3) is 0.750. The van der Waals surface area contributed by atoms with Gasteiger partial charge in [-0.1, -0.05) is 52.4 Å². The van der Waals surface area contributed by atoms with E-state index in [2.05, 4.69) is 25.7 Å². The summed E-state index contributed by atoms with van der Waals surface area (Å²) in [4.78, 5) is 47.8. The second-order valence-electron chi connectivity index (χ2n) is 7.54. The molecule has 0 rings (SSSR count). The van der Waals surface area contributed by atoms with Crippen molar-refractivity contribution in [2.75, 3.05) is 13.2 Å². The molecular weight excluding hydrogens is 384 g/mol. The number of hydrogen-bond donors (Lipinski definition) is 0. The van der Waals surface area contributed by atoms with E-state index in [0.717, 1.165) is 51.4 Å². The fourth-order valence-electron chi connectivity index (χ4n) is 2.74. The van der Waals surface area contributed by atoms with Gasteiger partial charge in [-0.2, -0.15) is 0 Å². The van der Waals surface area contributed by atoms with E-state index in [-0.39, 0.29) is 24.4 Å². The molecule has 2 unspecified atom stereocenters. The van der Waals surface area contributed by atoms with Crippen LogP contribution in [0.3, 0.4) is 0 Å². The van der Waals surface area contributed by atoms with E-state index >= 15 is 0 Å². The normalized spacial score (nSPS) is 12.3. The van der Waals surface area contributed by atoms with Gasteiger partial charge in [0.05, 0.1) is 13.2 Å². The molecule has 0 aliphatic heterocycles. The van der Waals surface area contributed by atoms with Crippen LogP contribution in [0.5, 0.6) is 0 Å². The van der Waals surface area contributed by atoms with E-state index in [4.69, 9.17) is 9.47 Å². The zero-order valence-corrected chi connectivity index (χ0v) is 19.1. The van der Waals surface area contributed by atoms with Gasteiger partial charge in [-0.05, 0) is 26.7 Å². The van der Waals surface area contributed by atoms with Gasteiger partial charge in [0.25, 0.3) is 0 Å². The summed E-state index contributed by atoms with van der Waals surface area (Å²) in [5, 5.41) is 0. The molecular formula is C24H38O6. The van der Waals surface area contributed by atoms with Gasteiger partial charge in [-0.25, -0.2) is 0 Å². The molecule has 0 saturated heterocycles. The molecule has 0 aliphatic carbocycles. The second kappa shape index (κ2) is 17.7. The van der Waals surface area contributed by atoms with Gasteiger partial charge in [0.15, 0.2) is 0 Å². The summed E-state index contributed by atoms with van der Waals surface area (Å²) in [5.74, 6) is 1.87. The average Bonchev–Trinajstić information content (AvgIpc) is 2.69. The molecule has 0 N–H and O–H groups in total. The molecule has 0 amide bonds. The van der Waals surface area contributed by atoms with Crippen LogP contribution in [0.4, 0.5) is 0 Å². The number of ether oxygens (including phenoxy) is 2. The highest BCUT2D eigenvalue weighted by Crippen LogP contribution is 2.11. The molecule has 0 spiro atoms. The Morgan fingerprint density at radius 1 is 0.633 bits per heavy atom. The predicted molar refractivity (Wildman–Crippen MR) is 116 cm³/mol. The van der Waals surface area contributed by atoms with Crippen LogP contribution in [-0.2, 0) is 28.7 Å². The number of Topliss-reactive ketones (excluding diaryl/α,β-unsaturated/α-hetero) is 2. The number of carbonyl (C=O) groups is 4. The van der Waals surface area contributed by atoms with Crippen LogP contribution in [0, 0.1) is 23.7 Å². The Morgan fingerprint density at radius 2 is 1.00 bits per heavy atom. The van der Waals surface area contributed by atoms with Crippen LogP contribution in [0.1, 0.15) is 91.9 Å². The molecule has 0 bridgehead atoms. The maximum Gasteiger partial charge on any atom is 0.317 e. The first kappa shape index (κ1) is 27.8. The van der Waals surface area contributed by atoms with Gasteiger partial charge < -0.3 is 9.47 Å². The summed E-state index contributed by atoms with van der Waals surface area (Å²) in [5.41, 5.74) is 0. The molecule has 0 aromatic carbocycles. The van der Waals surface area contributed by atoms with Crippen LogP contribution >= 0.6 is 0 Å². The Bertz CT molecular complexity index is 549. The standard InChI is InChI=1S/C24H38O6/c1-5-7-9-13-17-29-23(27)21(19(3)25)15-11-12-16-22(20(4)26)24(28)30-18-14-10-8-6-2/h21-22H,5-10,13-18H2,1-4H3. The van der Waals surface area contributed by atoms with Gasteiger partial charge in [-0.15, -0.1) is 11.8 Å². The monoisotopic (exact) mass is 422 g/mol. The molecule has 30 heavy (non-hydrogen) atoms. The van der Waals surface area contributed by atoms with Crippen molar-refractivity contribution in [3.63, 3.8) is 0 Å². The number of esters is 2. The Kier molecular flexibility index (Phi) is 16.4. The quantitative estimate of drug-likeness (QED) is 0.158. The molecule has 0 fully saturated rings. The van der Waals surface area contributed by atoms with E-state index in [0.29, 0.717) is 13.2 Å². The van der Waals surface area contributed by atoms with E-state index in [1.54, 1.807) is 0 Å². The largest absolute Gasteiger partial charge is 0.465 e. The Hall–Kier alpha value is -2.16. The van der Waals surface area contributed by atoms with Gasteiger partial charge in [0.2, 0.25) is 0 Å². The highest BCUT2D eigenvalue weighted by molar-refractivity contribution is 5.98. The zero-order valence-electron chi connectivity index (χ0n) is 19.1. The predicted octanol–water partition coefficient (Wildman–Crippen LogP) is 4.43. The van der Waals surface area contributed by atoms with Crippen LogP contribution in [0.2, 0.25) is 0 Å². The molecule has 0 aromatic rings. The topological polar surface area (TPSA) is 86.7 Å². The van der Waals surface area contributed by atoms with Crippen LogP contribution < -0.4 is 0 Å². The molecule has 0 saturated carbocycles. The van der Waals surface area contributed by atoms with Gasteiger partial charge >= 0.3 is 11.9 Å². The number of unbranched alkanes of at least 4 members (excludes halogenated alkanes) is 6. The summed E-state index contributed by atoms with van der Waals surface area (Å²) in [6.07, 6.45) is 7.88. The van der Waals surface area contributed by atoms with E-state index in [1.165, 1.54) is 13.8 Å². The Balaban J connectivity index is 4.55. The summed E-state index contributed by atoms with van der Waals surface area (Å²) >= 11 is 0. The van der Waals surface area contributed by atoms with Crippen molar-refractivity contribution >= 4 is 23.5 Å². The summed E-state index contributed by atoms with van der Waals surface area (Å²) < 4.78 is 10.4. The molecule has 0 aromatic heterocycles. The number of rotatable bonds is 16. The summed E-state index contributed by atoms with van der Waals surface area (Å²) in [6, 6.07) is 0. The van der Waals surface area contributed by atoms with Crippen molar-refractivity contribution in [2.45, 2.75) is 91.9 Å². The van der Waals surface area contributed by atoms with E-state index in [9.17, 15) is 19.2 Å². The van der Waals surface area contributed by atoms with Crippen LogP contribution in [0.15, 0.2) is 0 Å². The molecule has 6 heteroatoms. The molecule has 0 aliphatic rings. The third-order valence-corrected chi connectivity index (χ3v) is 4.77. The van der Waals surface area contributed by atoms with Gasteiger partial charge in [0.1, 0.15) is 23.4 Å². The van der Waals surface area contributed by atoms with Crippen LogP contribution in [0.25, 0.3) is 0 Å². The summed E-state index contributed by atoms with van der Waals surface area (Å²) in [6.45, 7) is 7.46. The minimum absolute atomic E-state index is 0.0137. The summed E-state index contributed by atoms with van der Waals surface area (Å²) in [7, 11) is 0. The Labute approximate surface area is 181 Å². The SMILES string of the molecule is CCCCCCOC(=O)C(CC#CCC(C(C)=O)C(=O)OCCCCCC)C(C)=O. The third-order valence-electron chi connectivity index (χ3n) is 4.77. The number of ketones is 2. The van der Waals surface area contributed by atoms with Crippen molar-refractivity contribution in [1.29, 1.82) is 0 Å². The van der Waals surface area contributed by atoms with Gasteiger partial charge in [0, 0.05) is 12.8 Å². The number of carbonyl (C=O) groups excluding carboxylic acids is 4. The third kappa shape index (κ3) is 13.1. The molecule has 0 radical (unpaired) electrons. The lowest BCUT2D eigenvalue weighted by molar-refractivity contribution is -0.153. The first-order valence-electron chi connectivity index (χ1n) is 11.1. The first-order valence-corrected chi connectivity index (χ1v) is 11.1. The molecule has 170 valence electrons. The lowest BCUT2D eigenvalue weighted by atomic mass is 9.99. The van der Waals surface area contributed by atoms with E-state index in [1.807, 2.05) is 0 Å². The highest BCUT2D eigenvalue weighted by Gasteiger charge is 2.25. The van der Waals surface area contributed by atoms with Crippen molar-refractivity contribution in [3.8, 4) is 11.8 Å². The lowest BCUT2D eigenvalue weighted by Gasteiger charge is -2.11. The second-order valence-corrected chi connectivity index (χ2v) is 7.54. The van der Waals surface area contributed by atoms with Crippen LogP contribution in [-0.4, -0.2) is 36.7 Å². The lowest BCUT2D eigenvalue weighted by Crippen LogP contribution is -2.25. The molecule has 6 nitrogen and oxygen atoms in total. The minimum atomic E-state index is -0.940. The van der Waals surface area contributed by atoms with Crippen molar-refractivity contribution in [2.24, 2.45) is 11.8 Å². The average molecular weight is 423 g/mol. The van der Waals surface area contributed by atoms with E-state index < -0.39 is 23.8 Å². The van der Waals surface area contributed by atoms with Crippen molar-refractivity contribution in [3.05, 3.63) is 0 Å². The van der Waals surface area contributed by atoms with Crippen molar-refractivity contribution in [1.82, 2.24) is 0 Å². The molecule has 2 atom stereocenters. The fourth-order valence-corrected chi connectivity index (χ4v) is 2.74. The van der Waals surface area contributed by atoms with Crippen molar-refractivity contribution < 1.29 is 28.7 Å². The zero-order chi connectivity index (χ0) is 22.8. The maximum atomic E-state index is 12.1.